The average Bonchev–Trinajstić information content (AvgIpc) is 2.27. The monoisotopic (exact) mass is 393 g/mol. The Bertz CT molecular complexity index is 465. The first-order chi connectivity index (χ1) is 8.85. The second-order valence-electron chi connectivity index (χ2n) is 4.52. The highest BCUT2D eigenvalue weighted by molar-refractivity contribution is 9.11. The predicted octanol–water partition coefficient (Wildman–Crippen LogP) is 3.37. The number of ether oxygens (including phenoxy) is 1. The fraction of sp³-hybridized carbons (Fsp3) is 0.462. The second-order valence-corrected chi connectivity index (χ2v) is 6.29. The number of benzene rings is 1. The molecule has 0 aliphatic carbocycles. The Balaban J connectivity index is 2.84. The number of methoxy groups -OCH3 is 1. The average molecular weight is 395 g/mol. The van der Waals surface area contributed by atoms with E-state index >= 15 is 0 Å². The zero-order chi connectivity index (χ0) is 14.6. The summed E-state index contributed by atoms with van der Waals surface area (Å²) in [6, 6.07) is 3.90. The lowest BCUT2D eigenvalue weighted by atomic mass is 10.1. The van der Waals surface area contributed by atoms with Crippen LogP contribution in [-0.2, 0) is 11.3 Å². The maximum Gasteiger partial charge on any atom is 0.307 e. The first kappa shape index (κ1) is 16.5. The smallest absolute Gasteiger partial charge is 0.307 e. The van der Waals surface area contributed by atoms with E-state index in [-0.39, 0.29) is 0 Å². The summed E-state index contributed by atoms with van der Waals surface area (Å²) in [6.45, 7) is 2.81. The van der Waals surface area contributed by atoms with Crippen LogP contribution in [0.2, 0.25) is 0 Å². The molecule has 106 valence electrons. The van der Waals surface area contributed by atoms with Gasteiger partial charge in [-0.2, -0.15) is 0 Å². The Morgan fingerprint density at radius 1 is 1.47 bits per heavy atom. The number of rotatable bonds is 6. The number of hydrogen-bond acceptors (Lipinski definition) is 3. The van der Waals surface area contributed by atoms with Crippen LogP contribution in [0.5, 0.6) is 5.75 Å². The number of carboxylic acid groups (broad SMARTS) is 1. The van der Waals surface area contributed by atoms with Gasteiger partial charge in [-0.25, -0.2) is 0 Å². The maximum atomic E-state index is 10.9. The van der Waals surface area contributed by atoms with E-state index < -0.39 is 11.9 Å². The second kappa shape index (κ2) is 7.26. The van der Waals surface area contributed by atoms with Crippen molar-refractivity contribution in [3.8, 4) is 5.75 Å². The van der Waals surface area contributed by atoms with Crippen molar-refractivity contribution in [3.63, 3.8) is 0 Å². The topological polar surface area (TPSA) is 49.8 Å². The Morgan fingerprint density at radius 3 is 2.63 bits per heavy atom. The van der Waals surface area contributed by atoms with E-state index in [0.29, 0.717) is 13.1 Å². The molecule has 0 aromatic heterocycles. The van der Waals surface area contributed by atoms with Gasteiger partial charge in [-0.15, -0.1) is 0 Å². The molecule has 0 aliphatic heterocycles. The van der Waals surface area contributed by atoms with Crippen LogP contribution in [0.4, 0.5) is 0 Å². The highest BCUT2D eigenvalue weighted by Crippen LogP contribution is 2.33. The van der Waals surface area contributed by atoms with Crippen LogP contribution in [0.25, 0.3) is 0 Å². The van der Waals surface area contributed by atoms with E-state index in [0.717, 1.165) is 20.3 Å². The first-order valence-corrected chi connectivity index (χ1v) is 7.37. The van der Waals surface area contributed by atoms with Gasteiger partial charge in [0.2, 0.25) is 0 Å². The number of halogens is 2. The number of carbonyl (C=O) groups is 1. The molecule has 0 saturated heterocycles. The molecule has 0 fully saturated rings. The number of aliphatic carboxylic acids is 1. The van der Waals surface area contributed by atoms with E-state index in [1.165, 1.54) is 0 Å². The third-order valence-corrected chi connectivity index (χ3v) is 3.78. The highest BCUT2D eigenvalue weighted by Gasteiger charge is 2.16. The molecule has 0 saturated carbocycles. The summed E-state index contributed by atoms with van der Waals surface area (Å²) in [5, 5.41) is 8.92. The van der Waals surface area contributed by atoms with Crippen LogP contribution < -0.4 is 4.74 Å². The quantitative estimate of drug-likeness (QED) is 0.803. The Morgan fingerprint density at radius 2 is 2.11 bits per heavy atom. The van der Waals surface area contributed by atoms with Crippen molar-refractivity contribution in [2.75, 3.05) is 20.7 Å². The van der Waals surface area contributed by atoms with Crippen LogP contribution in [0.15, 0.2) is 21.1 Å². The fourth-order valence-electron chi connectivity index (χ4n) is 1.86. The van der Waals surface area contributed by atoms with Crippen molar-refractivity contribution in [1.29, 1.82) is 0 Å². The van der Waals surface area contributed by atoms with Gasteiger partial charge in [-0.3, -0.25) is 4.79 Å². The molecular weight excluding hydrogens is 378 g/mol. The summed E-state index contributed by atoms with van der Waals surface area (Å²) in [4.78, 5) is 12.8. The minimum absolute atomic E-state index is 0.397. The zero-order valence-electron chi connectivity index (χ0n) is 11.1. The van der Waals surface area contributed by atoms with E-state index in [1.54, 1.807) is 14.0 Å². The molecule has 0 spiro atoms. The summed E-state index contributed by atoms with van der Waals surface area (Å²) >= 11 is 6.90. The highest BCUT2D eigenvalue weighted by atomic mass is 79.9. The zero-order valence-corrected chi connectivity index (χ0v) is 14.3. The molecule has 0 radical (unpaired) electrons. The Kier molecular flexibility index (Phi) is 6.29. The molecule has 1 atom stereocenters. The van der Waals surface area contributed by atoms with Crippen LogP contribution in [0.3, 0.4) is 0 Å². The SMILES string of the molecule is COc1c(Br)cc(Br)cc1CN(C)CC(C)C(=O)O. The molecule has 1 aromatic rings. The molecule has 19 heavy (non-hydrogen) atoms. The van der Waals surface area contributed by atoms with Crippen molar-refractivity contribution in [1.82, 2.24) is 4.90 Å². The van der Waals surface area contributed by atoms with Gasteiger partial charge < -0.3 is 14.7 Å². The molecule has 1 aromatic carbocycles. The first-order valence-electron chi connectivity index (χ1n) is 5.78. The normalized spacial score (nSPS) is 12.5. The minimum atomic E-state index is -0.783. The summed E-state index contributed by atoms with van der Waals surface area (Å²) in [6.07, 6.45) is 0. The van der Waals surface area contributed by atoms with E-state index in [4.69, 9.17) is 9.84 Å². The van der Waals surface area contributed by atoms with E-state index in [2.05, 4.69) is 31.9 Å². The molecule has 0 heterocycles. The maximum absolute atomic E-state index is 10.9. The minimum Gasteiger partial charge on any atom is -0.495 e. The fourth-order valence-corrected chi connectivity index (χ4v) is 3.34. The molecule has 0 aliphatic rings. The van der Waals surface area contributed by atoms with Gasteiger partial charge in [-0.1, -0.05) is 22.9 Å². The molecule has 4 nitrogen and oxygen atoms in total. The van der Waals surface area contributed by atoms with Gasteiger partial charge in [-0.05, 0) is 35.1 Å². The van der Waals surface area contributed by atoms with Gasteiger partial charge in [0.05, 0.1) is 17.5 Å². The molecule has 6 heteroatoms. The molecule has 1 rings (SSSR count). The molecule has 0 amide bonds. The van der Waals surface area contributed by atoms with Gasteiger partial charge in [0.15, 0.2) is 0 Å². The number of carboxylic acids is 1. The molecule has 0 bridgehead atoms. The largest absolute Gasteiger partial charge is 0.495 e. The van der Waals surface area contributed by atoms with Crippen LogP contribution in [-0.4, -0.2) is 36.7 Å². The van der Waals surface area contributed by atoms with Crippen molar-refractivity contribution >= 4 is 37.8 Å². The lowest BCUT2D eigenvalue weighted by molar-refractivity contribution is -0.141. The van der Waals surface area contributed by atoms with Crippen LogP contribution in [0.1, 0.15) is 12.5 Å². The predicted molar refractivity (Wildman–Crippen MR) is 81.5 cm³/mol. The summed E-state index contributed by atoms with van der Waals surface area (Å²) in [5.74, 6) is -0.404. The van der Waals surface area contributed by atoms with Crippen molar-refractivity contribution in [3.05, 3.63) is 26.6 Å². The third kappa shape index (κ3) is 4.78. The van der Waals surface area contributed by atoms with Crippen LogP contribution in [0, 0.1) is 5.92 Å². The van der Waals surface area contributed by atoms with Gasteiger partial charge in [0.1, 0.15) is 5.75 Å². The van der Waals surface area contributed by atoms with E-state index in [1.807, 2.05) is 24.1 Å². The van der Waals surface area contributed by atoms with Gasteiger partial charge in [0.25, 0.3) is 0 Å². The molecular formula is C13H17Br2NO3. The summed E-state index contributed by atoms with van der Waals surface area (Å²) < 4.78 is 7.20. The lowest BCUT2D eigenvalue weighted by Gasteiger charge is -2.21. The molecule has 1 N–H and O–H groups in total. The standard InChI is InChI=1S/C13H17Br2NO3/c1-8(13(17)18)6-16(2)7-9-4-10(14)5-11(15)12(9)19-3/h4-5,8H,6-7H2,1-3H3,(H,17,18). The van der Waals surface area contributed by atoms with Crippen molar-refractivity contribution < 1.29 is 14.6 Å². The lowest BCUT2D eigenvalue weighted by Crippen LogP contribution is -2.28. The molecule has 1 unspecified atom stereocenters. The Hall–Kier alpha value is -0.590. The summed E-state index contributed by atoms with van der Waals surface area (Å²) in [7, 11) is 3.52. The van der Waals surface area contributed by atoms with Gasteiger partial charge >= 0.3 is 5.97 Å². The number of nitrogens with zero attached hydrogens (tertiary/aromatic N) is 1. The van der Waals surface area contributed by atoms with Crippen molar-refractivity contribution in [2.45, 2.75) is 13.5 Å². The Labute approximate surface area is 130 Å². The van der Waals surface area contributed by atoms with Crippen LogP contribution >= 0.6 is 31.9 Å². The number of hydrogen-bond donors (Lipinski definition) is 1. The summed E-state index contributed by atoms with van der Waals surface area (Å²) in [5.41, 5.74) is 1.00. The van der Waals surface area contributed by atoms with E-state index in [9.17, 15) is 4.79 Å². The van der Waals surface area contributed by atoms with Crippen molar-refractivity contribution in [2.24, 2.45) is 5.92 Å². The van der Waals surface area contributed by atoms with Gasteiger partial charge in [0, 0.05) is 23.1 Å². The third-order valence-electron chi connectivity index (χ3n) is 2.74.